The van der Waals surface area contributed by atoms with Gasteiger partial charge in [0.25, 0.3) is 0 Å². The second-order valence-corrected chi connectivity index (χ2v) is 6.44. The molecule has 3 rings (SSSR count). The smallest absolute Gasteiger partial charge is 0.245 e. The third-order valence-corrected chi connectivity index (χ3v) is 4.91. The predicted molar refractivity (Wildman–Crippen MR) is 82.2 cm³/mol. The van der Waals surface area contributed by atoms with E-state index >= 15 is 0 Å². The number of aryl methyl sites for hydroxylation is 3. The number of carbonyl (C=O) groups excluding carboxylic acids is 2. The Bertz CT molecular complexity index is 595. The maximum Gasteiger partial charge on any atom is 0.245 e. The number of nitrogens with one attached hydrogen (secondary N) is 1. The van der Waals surface area contributed by atoms with Gasteiger partial charge in [-0.2, -0.15) is 5.10 Å². The lowest BCUT2D eigenvalue weighted by Crippen LogP contribution is -2.60. The summed E-state index contributed by atoms with van der Waals surface area (Å²) in [7, 11) is 0. The topological polar surface area (TPSA) is 67.2 Å². The van der Waals surface area contributed by atoms with Gasteiger partial charge in [0.15, 0.2) is 0 Å². The quantitative estimate of drug-likeness (QED) is 0.911. The van der Waals surface area contributed by atoms with Gasteiger partial charge in [0.05, 0.1) is 5.69 Å². The molecule has 0 saturated carbocycles. The van der Waals surface area contributed by atoms with Crippen LogP contribution in [-0.4, -0.2) is 45.1 Å². The van der Waals surface area contributed by atoms with Crippen molar-refractivity contribution in [3.8, 4) is 0 Å². The molecule has 0 aliphatic carbocycles. The maximum absolute atomic E-state index is 12.7. The van der Waals surface area contributed by atoms with E-state index in [1.54, 1.807) is 0 Å². The van der Waals surface area contributed by atoms with E-state index in [-0.39, 0.29) is 11.8 Å². The number of hydrogen-bond acceptors (Lipinski definition) is 3. The molecule has 2 aliphatic rings. The predicted octanol–water partition coefficient (Wildman–Crippen LogP) is 1.16. The molecule has 6 heteroatoms. The van der Waals surface area contributed by atoms with Crippen molar-refractivity contribution in [3.05, 3.63) is 17.5 Å². The van der Waals surface area contributed by atoms with Gasteiger partial charge in [-0.3, -0.25) is 14.3 Å². The highest BCUT2D eigenvalue weighted by Crippen LogP contribution is 2.36. The van der Waals surface area contributed by atoms with Gasteiger partial charge in [0.1, 0.15) is 5.54 Å². The van der Waals surface area contributed by atoms with Crippen LogP contribution in [-0.2, 0) is 16.1 Å². The lowest BCUT2D eigenvalue weighted by Gasteiger charge is -2.40. The van der Waals surface area contributed by atoms with Gasteiger partial charge in [0.2, 0.25) is 11.8 Å². The van der Waals surface area contributed by atoms with Gasteiger partial charge in [-0.15, -0.1) is 0 Å². The molecule has 1 atom stereocenters. The van der Waals surface area contributed by atoms with Gasteiger partial charge < -0.3 is 10.2 Å². The fourth-order valence-electron chi connectivity index (χ4n) is 3.84. The van der Waals surface area contributed by atoms with Crippen molar-refractivity contribution in [2.45, 2.75) is 58.0 Å². The van der Waals surface area contributed by atoms with E-state index in [4.69, 9.17) is 0 Å². The third-order valence-electron chi connectivity index (χ3n) is 4.91. The molecule has 2 aliphatic heterocycles. The van der Waals surface area contributed by atoms with Gasteiger partial charge in [-0.1, -0.05) is 0 Å². The summed E-state index contributed by atoms with van der Waals surface area (Å²) in [6, 6.07) is 2.01. The van der Waals surface area contributed by atoms with E-state index in [1.807, 2.05) is 29.5 Å². The van der Waals surface area contributed by atoms with Crippen molar-refractivity contribution in [3.63, 3.8) is 0 Å². The van der Waals surface area contributed by atoms with Crippen LogP contribution >= 0.6 is 0 Å². The molecule has 0 bridgehead atoms. The molecule has 1 N–H and O–H groups in total. The molecular formula is C16H24N4O2. The summed E-state index contributed by atoms with van der Waals surface area (Å²) < 4.78 is 1.87. The zero-order valence-corrected chi connectivity index (χ0v) is 13.4. The Kier molecular flexibility index (Phi) is 3.93. The first-order valence-electron chi connectivity index (χ1n) is 8.13. The lowest BCUT2D eigenvalue weighted by molar-refractivity contribution is -0.147. The molecular weight excluding hydrogens is 280 g/mol. The highest BCUT2D eigenvalue weighted by atomic mass is 16.2. The number of amides is 2. The summed E-state index contributed by atoms with van der Waals surface area (Å²) in [5.41, 5.74) is 1.45. The number of rotatable bonds is 3. The molecule has 1 spiro atoms. The average molecular weight is 304 g/mol. The van der Waals surface area contributed by atoms with Crippen molar-refractivity contribution in [1.82, 2.24) is 20.0 Å². The Morgan fingerprint density at radius 3 is 2.82 bits per heavy atom. The lowest BCUT2D eigenvalue weighted by atomic mass is 9.86. The van der Waals surface area contributed by atoms with E-state index in [2.05, 4.69) is 10.4 Å². The molecule has 2 saturated heterocycles. The molecule has 3 heterocycles. The van der Waals surface area contributed by atoms with E-state index in [9.17, 15) is 9.59 Å². The Hall–Kier alpha value is -1.85. The molecule has 2 fully saturated rings. The van der Waals surface area contributed by atoms with Crippen molar-refractivity contribution in [2.75, 3.05) is 13.1 Å². The van der Waals surface area contributed by atoms with Crippen molar-refractivity contribution in [1.29, 1.82) is 0 Å². The number of nitrogens with zero attached hydrogens (tertiary/aromatic N) is 3. The highest BCUT2D eigenvalue weighted by molar-refractivity contribution is 5.92. The first kappa shape index (κ1) is 15.1. The maximum atomic E-state index is 12.7. The molecule has 120 valence electrons. The second-order valence-electron chi connectivity index (χ2n) is 6.44. The number of likely N-dealkylation sites (tertiary alicyclic amines) is 1. The first-order chi connectivity index (χ1) is 10.5. The molecule has 1 aromatic heterocycles. The average Bonchev–Trinajstić information content (AvgIpc) is 3.04. The minimum Gasteiger partial charge on any atom is -0.354 e. The molecule has 6 nitrogen and oxygen atoms in total. The van der Waals surface area contributed by atoms with Crippen molar-refractivity contribution < 1.29 is 9.59 Å². The van der Waals surface area contributed by atoms with Crippen LogP contribution in [0.15, 0.2) is 6.07 Å². The van der Waals surface area contributed by atoms with Crippen LogP contribution in [0.2, 0.25) is 0 Å². The largest absolute Gasteiger partial charge is 0.354 e. The van der Waals surface area contributed by atoms with E-state index < -0.39 is 5.54 Å². The summed E-state index contributed by atoms with van der Waals surface area (Å²) in [4.78, 5) is 26.8. The SMILES string of the molecule is Cc1cc(C)n(CCC(=O)N2CCCC23CCCNC3=O)n1. The van der Waals surface area contributed by atoms with Crippen LogP contribution in [0.1, 0.15) is 43.5 Å². The van der Waals surface area contributed by atoms with Gasteiger partial charge in [-0.25, -0.2) is 0 Å². The van der Waals surface area contributed by atoms with Crippen LogP contribution < -0.4 is 5.32 Å². The molecule has 22 heavy (non-hydrogen) atoms. The Labute approximate surface area is 130 Å². The Morgan fingerprint density at radius 2 is 2.14 bits per heavy atom. The molecule has 0 radical (unpaired) electrons. The molecule has 2 amide bonds. The first-order valence-corrected chi connectivity index (χ1v) is 8.13. The summed E-state index contributed by atoms with van der Waals surface area (Å²) in [5, 5.41) is 7.33. The van der Waals surface area contributed by atoms with Gasteiger partial charge in [-0.05, 0) is 45.6 Å². The third kappa shape index (κ3) is 2.51. The van der Waals surface area contributed by atoms with E-state index in [0.717, 1.165) is 43.6 Å². The fourth-order valence-corrected chi connectivity index (χ4v) is 3.84. The van der Waals surface area contributed by atoms with E-state index in [0.29, 0.717) is 19.5 Å². The zero-order chi connectivity index (χ0) is 15.7. The summed E-state index contributed by atoms with van der Waals surface area (Å²) in [6.07, 6.45) is 3.86. The second kappa shape index (κ2) is 5.74. The highest BCUT2D eigenvalue weighted by Gasteiger charge is 2.50. The van der Waals surface area contributed by atoms with Crippen molar-refractivity contribution >= 4 is 11.8 Å². The summed E-state index contributed by atoms with van der Waals surface area (Å²) in [5.74, 6) is 0.109. The minimum absolute atomic E-state index is 0.0377. The van der Waals surface area contributed by atoms with Gasteiger partial charge in [0, 0.05) is 31.7 Å². The summed E-state index contributed by atoms with van der Waals surface area (Å²) >= 11 is 0. The number of aromatic nitrogens is 2. The monoisotopic (exact) mass is 304 g/mol. The Morgan fingerprint density at radius 1 is 1.36 bits per heavy atom. The zero-order valence-electron chi connectivity index (χ0n) is 13.4. The molecule has 0 aromatic carbocycles. The normalized spacial score (nSPS) is 24.8. The number of carbonyl (C=O) groups is 2. The standard InChI is InChI=1S/C16H24N4O2/c1-12-11-13(2)20(18-12)10-5-14(21)19-9-4-7-16(19)6-3-8-17-15(16)22/h11H,3-10H2,1-2H3,(H,17,22). The van der Waals surface area contributed by atoms with Gasteiger partial charge >= 0.3 is 0 Å². The van der Waals surface area contributed by atoms with Crippen LogP contribution in [0.4, 0.5) is 0 Å². The van der Waals surface area contributed by atoms with Crippen molar-refractivity contribution in [2.24, 2.45) is 0 Å². The van der Waals surface area contributed by atoms with Crippen LogP contribution in [0.25, 0.3) is 0 Å². The van der Waals surface area contributed by atoms with Crippen LogP contribution in [0.5, 0.6) is 0 Å². The van der Waals surface area contributed by atoms with Crippen LogP contribution in [0, 0.1) is 13.8 Å². The summed E-state index contributed by atoms with van der Waals surface area (Å²) in [6.45, 7) is 5.95. The fraction of sp³-hybridized carbons (Fsp3) is 0.688. The molecule has 1 aromatic rings. The minimum atomic E-state index is -0.579. The van der Waals surface area contributed by atoms with E-state index in [1.165, 1.54) is 0 Å². The number of hydrogen-bond donors (Lipinski definition) is 1. The molecule has 1 unspecified atom stereocenters. The number of piperidine rings is 1. The van der Waals surface area contributed by atoms with Crippen LogP contribution in [0.3, 0.4) is 0 Å². The Balaban J connectivity index is 1.68.